The Kier molecular flexibility index (Phi) is 3.25. The summed E-state index contributed by atoms with van der Waals surface area (Å²) in [7, 11) is 0. The van der Waals surface area contributed by atoms with Crippen molar-refractivity contribution in [3.05, 3.63) is 41.2 Å². The summed E-state index contributed by atoms with van der Waals surface area (Å²) in [4.78, 5) is 7.59. The van der Waals surface area contributed by atoms with Crippen molar-refractivity contribution in [1.29, 1.82) is 5.26 Å². The van der Waals surface area contributed by atoms with E-state index in [1.54, 1.807) is 6.92 Å². The fourth-order valence-corrected chi connectivity index (χ4v) is 1.36. The molecule has 0 bridgehead atoms. The number of ether oxygens (including phenoxy) is 1. The molecule has 0 aliphatic rings. The molecule has 0 amide bonds. The zero-order valence-corrected chi connectivity index (χ0v) is 9.82. The van der Waals surface area contributed by atoms with Crippen LogP contribution in [0.3, 0.4) is 0 Å². The Hall–Kier alpha value is -2.75. The molecule has 0 unspecified atom stereocenters. The first-order valence-corrected chi connectivity index (χ1v) is 5.17. The molecule has 2 aromatic rings. The second kappa shape index (κ2) is 4.86. The second-order valence-electron chi connectivity index (χ2n) is 3.70. The highest BCUT2D eigenvalue weighted by atomic mass is 19.1. The van der Waals surface area contributed by atoms with E-state index in [4.69, 9.17) is 15.7 Å². The van der Waals surface area contributed by atoms with Crippen molar-refractivity contribution < 1.29 is 13.5 Å². The molecule has 0 fully saturated rings. The number of rotatable bonds is 2. The van der Waals surface area contributed by atoms with E-state index in [1.807, 2.05) is 6.07 Å². The maximum Gasteiger partial charge on any atom is 0.323 e. The van der Waals surface area contributed by atoms with Gasteiger partial charge in [0.25, 0.3) is 0 Å². The lowest BCUT2D eigenvalue weighted by Crippen LogP contribution is -2.00. The van der Waals surface area contributed by atoms with Crippen LogP contribution in [0.2, 0.25) is 0 Å². The van der Waals surface area contributed by atoms with E-state index in [0.29, 0.717) is 5.69 Å². The molecule has 1 aromatic carbocycles. The largest absolute Gasteiger partial charge is 0.421 e. The van der Waals surface area contributed by atoms with Gasteiger partial charge in [0, 0.05) is 17.8 Å². The summed E-state index contributed by atoms with van der Waals surface area (Å²) in [6.45, 7) is 1.62. The normalized spacial score (nSPS) is 10.0. The fourth-order valence-electron chi connectivity index (χ4n) is 1.36. The third-order valence-corrected chi connectivity index (χ3v) is 2.20. The summed E-state index contributed by atoms with van der Waals surface area (Å²) in [6.07, 6.45) is 0. The lowest BCUT2D eigenvalue weighted by molar-refractivity contribution is 0.406. The molecule has 0 aliphatic carbocycles. The number of benzene rings is 1. The van der Waals surface area contributed by atoms with Crippen LogP contribution in [0.15, 0.2) is 18.2 Å². The van der Waals surface area contributed by atoms with Gasteiger partial charge in [0.15, 0.2) is 11.6 Å². The van der Waals surface area contributed by atoms with Crippen LogP contribution in [-0.4, -0.2) is 9.97 Å². The summed E-state index contributed by atoms with van der Waals surface area (Å²) in [5.74, 6) is -2.06. The summed E-state index contributed by atoms with van der Waals surface area (Å²) in [5, 5.41) is 8.74. The number of anilines is 1. The monoisotopic (exact) mass is 262 g/mol. The number of aromatic nitrogens is 2. The predicted molar refractivity (Wildman–Crippen MR) is 62.3 cm³/mol. The van der Waals surface area contributed by atoms with Crippen molar-refractivity contribution in [2.75, 3.05) is 5.73 Å². The van der Waals surface area contributed by atoms with E-state index in [1.165, 1.54) is 6.07 Å². The maximum atomic E-state index is 13.5. The predicted octanol–water partition coefficient (Wildman–Crippen LogP) is 2.31. The summed E-state index contributed by atoms with van der Waals surface area (Å²) in [6, 6.07) is 4.60. The highest BCUT2D eigenvalue weighted by Gasteiger charge is 2.12. The molecule has 2 N–H and O–H groups in total. The molecule has 1 aromatic heterocycles. The first-order chi connectivity index (χ1) is 8.99. The van der Waals surface area contributed by atoms with Gasteiger partial charge >= 0.3 is 6.01 Å². The molecule has 0 atom stereocenters. The molecule has 19 heavy (non-hydrogen) atoms. The van der Waals surface area contributed by atoms with Crippen LogP contribution in [0.1, 0.15) is 11.4 Å². The molecule has 1 heterocycles. The molecular weight excluding hydrogens is 254 g/mol. The van der Waals surface area contributed by atoms with Gasteiger partial charge < -0.3 is 10.5 Å². The molecule has 0 spiro atoms. The van der Waals surface area contributed by atoms with Crippen molar-refractivity contribution >= 4 is 5.69 Å². The van der Waals surface area contributed by atoms with E-state index in [9.17, 15) is 8.78 Å². The minimum Gasteiger partial charge on any atom is -0.421 e. The first-order valence-electron chi connectivity index (χ1n) is 5.17. The average Bonchev–Trinajstić information content (AvgIpc) is 2.35. The van der Waals surface area contributed by atoms with E-state index in [-0.39, 0.29) is 17.4 Å². The molecule has 7 heteroatoms. The molecule has 2 rings (SSSR count). The minimum absolute atomic E-state index is 0.0684. The molecule has 0 radical (unpaired) electrons. The Balaban J connectivity index is 2.39. The van der Waals surface area contributed by atoms with Crippen LogP contribution in [-0.2, 0) is 0 Å². The topological polar surface area (TPSA) is 84.8 Å². The zero-order chi connectivity index (χ0) is 14.0. The van der Waals surface area contributed by atoms with Crippen molar-refractivity contribution in [2.24, 2.45) is 0 Å². The smallest absolute Gasteiger partial charge is 0.323 e. The van der Waals surface area contributed by atoms with Gasteiger partial charge in [-0.05, 0) is 13.0 Å². The molecule has 96 valence electrons. The van der Waals surface area contributed by atoms with Crippen molar-refractivity contribution in [2.45, 2.75) is 6.92 Å². The third-order valence-electron chi connectivity index (χ3n) is 2.20. The Morgan fingerprint density at radius 3 is 2.63 bits per heavy atom. The van der Waals surface area contributed by atoms with Crippen molar-refractivity contribution in [3.63, 3.8) is 0 Å². The van der Waals surface area contributed by atoms with Crippen LogP contribution in [0.4, 0.5) is 14.5 Å². The minimum atomic E-state index is -0.845. The average molecular weight is 262 g/mol. The number of nitrogen functional groups attached to an aromatic ring is 1. The Labute approximate surface area is 107 Å². The van der Waals surface area contributed by atoms with Gasteiger partial charge in [-0.1, -0.05) is 0 Å². The molecule has 0 aliphatic heterocycles. The highest BCUT2D eigenvalue weighted by Crippen LogP contribution is 2.26. The first kappa shape index (κ1) is 12.7. The van der Waals surface area contributed by atoms with Crippen LogP contribution >= 0.6 is 0 Å². The van der Waals surface area contributed by atoms with Crippen LogP contribution < -0.4 is 10.5 Å². The van der Waals surface area contributed by atoms with Crippen LogP contribution in [0.25, 0.3) is 0 Å². The van der Waals surface area contributed by atoms with E-state index in [2.05, 4.69) is 9.97 Å². The van der Waals surface area contributed by atoms with Gasteiger partial charge in [-0.25, -0.2) is 13.8 Å². The fraction of sp³-hybridized carbons (Fsp3) is 0.0833. The molecular formula is C12H8F2N4O. The number of nitriles is 1. The molecule has 5 nitrogen and oxygen atoms in total. The number of hydrogen-bond acceptors (Lipinski definition) is 5. The number of hydrogen-bond donors (Lipinski definition) is 1. The van der Waals surface area contributed by atoms with Gasteiger partial charge in [-0.2, -0.15) is 10.2 Å². The quantitative estimate of drug-likeness (QED) is 0.839. The Bertz CT molecular complexity index is 682. The van der Waals surface area contributed by atoms with Gasteiger partial charge in [-0.15, -0.1) is 0 Å². The zero-order valence-electron chi connectivity index (χ0n) is 9.82. The lowest BCUT2D eigenvalue weighted by atomic mass is 10.3. The van der Waals surface area contributed by atoms with E-state index >= 15 is 0 Å². The second-order valence-corrected chi connectivity index (χ2v) is 3.70. The maximum absolute atomic E-state index is 13.5. The Morgan fingerprint density at radius 1 is 1.21 bits per heavy atom. The SMILES string of the molecule is Cc1cc(C#N)nc(Oc2cc(F)c(N)cc2F)n1. The van der Waals surface area contributed by atoms with Crippen LogP contribution in [0.5, 0.6) is 11.8 Å². The molecule has 0 saturated carbocycles. The van der Waals surface area contributed by atoms with Crippen LogP contribution in [0, 0.1) is 29.9 Å². The molecule has 0 saturated heterocycles. The van der Waals surface area contributed by atoms with E-state index < -0.39 is 17.4 Å². The lowest BCUT2D eigenvalue weighted by Gasteiger charge is -2.07. The standard InChI is InChI=1S/C12H8F2N4O/c1-6-2-7(5-15)18-12(17-6)19-11-4-8(13)10(16)3-9(11)14/h2-4H,16H2,1H3. The van der Waals surface area contributed by atoms with Gasteiger partial charge in [0.05, 0.1) is 5.69 Å². The number of nitrogens with two attached hydrogens (primary N) is 1. The third kappa shape index (κ3) is 2.74. The Morgan fingerprint density at radius 2 is 1.95 bits per heavy atom. The van der Waals surface area contributed by atoms with Gasteiger partial charge in [0.2, 0.25) is 0 Å². The van der Waals surface area contributed by atoms with Gasteiger partial charge in [-0.3, -0.25) is 0 Å². The highest BCUT2D eigenvalue weighted by molar-refractivity contribution is 5.45. The van der Waals surface area contributed by atoms with Crippen molar-refractivity contribution in [3.8, 4) is 17.8 Å². The number of halogens is 2. The summed E-state index contributed by atoms with van der Waals surface area (Å²) in [5.41, 5.74) is 5.42. The van der Waals surface area contributed by atoms with Gasteiger partial charge in [0.1, 0.15) is 17.6 Å². The van der Waals surface area contributed by atoms with E-state index in [0.717, 1.165) is 12.1 Å². The summed E-state index contributed by atoms with van der Waals surface area (Å²) < 4.78 is 31.8. The number of nitrogens with zero attached hydrogens (tertiary/aromatic N) is 3. The summed E-state index contributed by atoms with van der Waals surface area (Å²) >= 11 is 0. The van der Waals surface area contributed by atoms with Crippen molar-refractivity contribution in [1.82, 2.24) is 9.97 Å². The number of aryl methyl sites for hydroxylation is 1.